The fourth-order valence-corrected chi connectivity index (χ4v) is 1.38. The Hall–Kier alpha value is -1.25. The van der Waals surface area contributed by atoms with Gasteiger partial charge in [0.15, 0.2) is 5.13 Å². The van der Waals surface area contributed by atoms with Gasteiger partial charge in [-0.25, -0.2) is 4.98 Å². The zero-order chi connectivity index (χ0) is 11.5. The van der Waals surface area contributed by atoms with Crippen LogP contribution in [-0.4, -0.2) is 38.9 Å². The highest BCUT2D eigenvalue weighted by atomic mass is 32.1. The molecular formula is C7H11N3O4S. The topological polar surface area (TPSA) is 109 Å². The fourth-order valence-electron chi connectivity index (χ4n) is 0.754. The first-order valence-electron chi connectivity index (χ1n) is 4.12. The molecule has 0 aliphatic rings. The minimum absolute atomic E-state index is 0.0684. The molecule has 0 spiro atoms. The van der Waals surface area contributed by atoms with E-state index in [0.29, 0.717) is 5.13 Å². The summed E-state index contributed by atoms with van der Waals surface area (Å²) in [6.45, 7) is 1.13. The number of aliphatic hydroxyl groups is 2. The molecule has 3 N–H and O–H groups in total. The Bertz CT molecular complexity index is 352. The summed E-state index contributed by atoms with van der Waals surface area (Å²) in [5, 5.41) is 31.5. The summed E-state index contributed by atoms with van der Waals surface area (Å²) in [5.41, 5.74) is -1.26. The van der Waals surface area contributed by atoms with Crippen molar-refractivity contribution < 1.29 is 15.1 Å². The molecule has 1 aromatic rings. The van der Waals surface area contributed by atoms with Crippen LogP contribution >= 0.6 is 11.3 Å². The third-order valence-corrected chi connectivity index (χ3v) is 2.54. The maximum atomic E-state index is 10.3. The summed E-state index contributed by atoms with van der Waals surface area (Å²) in [4.78, 5) is 13.5. The van der Waals surface area contributed by atoms with Gasteiger partial charge in [0.1, 0.15) is 11.8 Å². The molecule has 0 aliphatic heterocycles. The van der Waals surface area contributed by atoms with Crippen LogP contribution in [0.15, 0.2) is 6.20 Å². The lowest BCUT2D eigenvalue weighted by Gasteiger charge is -2.19. The normalized spacial score (nSPS) is 14.6. The largest absolute Gasteiger partial charge is 0.393 e. The van der Waals surface area contributed by atoms with E-state index in [4.69, 9.17) is 5.11 Å². The summed E-state index contributed by atoms with van der Waals surface area (Å²) >= 11 is 0.878. The molecule has 1 rings (SSSR count). The molecular weight excluding hydrogens is 222 g/mol. The van der Waals surface area contributed by atoms with E-state index in [9.17, 15) is 15.2 Å². The standard InChI is InChI=1S/C7H11N3O4S/c1-7(12,4-11)3-9-6-8-2-5(15-6)10(13)14/h2,11-12H,3-4H2,1H3,(H,8,9). The third kappa shape index (κ3) is 3.42. The molecule has 0 bridgehead atoms. The van der Waals surface area contributed by atoms with E-state index in [1.54, 1.807) is 0 Å². The average Bonchev–Trinajstić information content (AvgIpc) is 2.63. The van der Waals surface area contributed by atoms with E-state index in [1.807, 2.05) is 0 Å². The average molecular weight is 233 g/mol. The molecule has 1 heterocycles. The molecule has 1 unspecified atom stereocenters. The number of aliphatic hydroxyl groups excluding tert-OH is 1. The van der Waals surface area contributed by atoms with Crippen LogP contribution in [0.4, 0.5) is 10.1 Å². The van der Waals surface area contributed by atoms with Crippen molar-refractivity contribution in [2.45, 2.75) is 12.5 Å². The number of nitro groups is 1. The molecule has 7 nitrogen and oxygen atoms in total. The molecule has 0 amide bonds. The number of nitrogens with zero attached hydrogens (tertiary/aromatic N) is 2. The smallest absolute Gasteiger partial charge is 0.345 e. The van der Waals surface area contributed by atoms with E-state index in [2.05, 4.69) is 10.3 Å². The van der Waals surface area contributed by atoms with Gasteiger partial charge in [-0.1, -0.05) is 0 Å². The van der Waals surface area contributed by atoms with Crippen molar-refractivity contribution in [2.24, 2.45) is 0 Å². The minimum Gasteiger partial charge on any atom is -0.393 e. The maximum Gasteiger partial charge on any atom is 0.345 e. The van der Waals surface area contributed by atoms with Gasteiger partial charge in [-0.05, 0) is 18.3 Å². The van der Waals surface area contributed by atoms with Gasteiger partial charge in [0.05, 0.1) is 11.5 Å². The van der Waals surface area contributed by atoms with E-state index < -0.39 is 17.1 Å². The molecule has 0 radical (unpaired) electrons. The first-order chi connectivity index (χ1) is 6.94. The minimum atomic E-state index is -1.26. The molecule has 0 saturated heterocycles. The van der Waals surface area contributed by atoms with Gasteiger partial charge < -0.3 is 15.5 Å². The predicted octanol–water partition coefficient (Wildman–Crippen LogP) is 0.206. The van der Waals surface area contributed by atoms with Crippen LogP contribution in [0.3, 0.4) is 0 Å². The highest BCUT2D eigenvalue weighted by Crippen LogP contribution is 2.25. The second-order valence-corrected chi connectivity index (χ2v) is 4.28. The van der Waals surface area contributed by atoms with E-state index in [-0.39, 0.29) is 11.5 Å². The van der Waals surface area contributed by atoms with Crippen molar-refractivity contribution >= 4 is 21.5 Å². The number of aromatic nitrogens is 1. The molecule has 84 valence electrons. The van der Waals surface area contributed by atoms with Crippen molar-refractivity contribution in [2.75, 3.05) is 18.5 Å². The Morgan fingerprint density at radius 1 is 1.80 bits per heavy atom. The first kappa shape index (κ1) is 11.8. The Morgan fingerprint density at radius 2 is 2.47 bits per heavy atom. The Kier molecular flexibility index (Phi) is 3.56. The van der Waals surface area contributed by atoms with Crippen molar-refractivity contribution in [1.82, 2.24) is 4.98 Å². The third-order valence-electron chi connectivity index (χ3n) is 1.63. The van der Waals surface area contributed by atoms with Crippen molar-refractivity contribution in [3.8, 4) is 0 Å². The molecule has 8 heteroatoms. The van der Waals surface area contributed by atoms with Gasteiger partial charge in [-0.3, -0.25) is 10.1 Å². The summed E-state index contributed by atoms with van der Waals surface area (Å²) in [7, 11) is 0. The quantitative estimate of drug-likeness (QED) is 0.495. The molecule has 1 atom stereocenters. The SMILES string of the molecule is CC(O)(CO)CNc1ncc([N+](=O)[O-])s1. The summed E-state index contributed by atoms with van der Waals surface area (Å²) < 4.78 is 0. The van der Waals surface area contributed by atoms with Gasteiger partial charge in [-0.15, -0.1) is 0 Å². The second kappa shape index (κ2) is 4.51. The highest BCUT2D eigenvalue weighted by Gasteiger charge is 2.20. The lowest BCUT2D eigenvalue weighted by Crippen LogP contribution is -2.37. The predicted molar refractivity (Wildman–Crippen MR) is 55.0 cm³/mol. The summed E-state index contributed by atoms with van der Waals surface area (Å²) in [6, 6.07) is 0. The van der Waals surface area contributed by atoms with Gasteiger partial charge >= 0.3 is 5.00 Å². The zero-order valence-corrected chi connectivity index (χ0v) is 8.82. The maximum absolute atomic E-state index is 10.3. The molecule has 0 fully saturated rings. The molecule has 0 aromatic carbocycles. The Labute approximate surface area is 89.5 Å². The number of hydrogen-bond donors (Lipinski definition) is 3. The van der Waals surface area contributed by atoms with E-state index in [1.165, 1.54) is 6.92 Å². The second-order valence-electron chi connectivity index (χ2n) is 3.27. The van der Waals surface area contributed by atoms with Crippen LogP contribution in [0.1, 0.15) is 6.92 Å². The fraction of sp³-hybridized carbons (Fsp3) is 0.571. The number of thiazole rings is 1. The Morgan fingerprint density at radius 3 is 2.93 bits per heavy atom. The van der Waals surface area contributed by atoms with Crippen molar-refractivity contribution in [3.63, 3.8) is 0 Å². The zero-order valence-electron chi connectivity index (χ0n) is 8.01. The molecule has 15 heavy (non-hydrogen) atoms. The van der Waals surface area contributed by atoms with Crippen LogP contribution in [-0.2, 0) is 0 Å². The summed E-state index contributed by atoms with van der Waals surface area (Å²) in [6.07, 6.45) is 1.14. The molecule has 0 saturated carbocycles. The Balaban J connectivity index is 2.55. The van der Waals surface area contributed by atoms with Gasteiger partial charge in [-0.2, -0.15) is 0 Å². The lowest BCUT2D eigenvalue weighted by atomic mass is 10.1. The van der Waals surface area contributed by atoms with E-state index in [0.717, 1.165) is 17.5 Å². The van der Waals surface area contributed by atoms with Gasteiger partial charge in [0, 0.05) is 6.54 Å². The van der Waals surface area contributed by atoms with Crippen LogP contribution in [0.25, 0.3) is 0 Å². The van der Waals surface area contributed by atoms with Gasteiger partial charge in [0.2, 0.25) is 0 Å². The number of hydrogen-bond acceptors (Lipinski definition) is 7. The number of rotatable bonds is 5. The summed E-state index contributed by atoms with van der Waals surface area (Å²) in [5.74, 6) is 0. The lowest BCUT2D eigenvalue weighted by molar-refractivity contribution is -0.380. The first-order valence-corrected chi connectivity index (χ1v) is 4.93. The highest BCUT2D eigenvalue weighted by molar-refractivity contribution is 7.18. The number of anilines is 1. The van der Waals surface area contributed by atoms with Crippen LogP contribution in [0.2, 0.25) is 0 Å². The van der Waals surface area contributed by atoms with Crippen LogP contribution < -0.4 is 5.32 Å². The van der Waals surface area contributed by atoms with E-state index >= 15 is 0 Å². The molecule has 1 aromatic heterocycles. The van der Waals surface area contributed by atoms with Gasteiger partial charge in [0.25, 0.3) is 0 Å². The van der Waals surface area contributed by atoms with Crippen LogP contribution in [0.5, 0.6) is 0 Å². The van der Waals surface area contributed by atoms with Crippen molar-refractivity contribution in [1.29, 1.82) is 0 Å². The molecule has 0 aliphatic carbocycles. The number of nitrogens with one attached hydrogen (secondary N) is 1. The van der Waals surface area contributed by atoms with Crippen molar-refractivity contribution in [3.05, 3.63) is 16.3 Å². The van der Waals surface area contributed by atoms with Crippen LogP contribution in [0, 0.1) is 10.1 Å². The monoisotopic (exact) mass is 233 g/mol.